The van der Waals surface area contributed by atoms with Crippen LogP contribution in [-0.2, 0) is 0 Å². The molecule has 130 valence electrons. The number of hydrogen-bond acceptors (Lipinski definition) is 4. The fourth-order valence-corrected chi connectivity index (χ4v) is 3.13. The van der Waals surface area contributed by atoms with E-state index < -0.39 is 6.17 Å². The van der Waals surface area contributed by atoms with Crippen molar-refractivity contribution in [2.24, 2.45) is 5.73 Å². The number of piperazine rings is 1. The maximum Gasteiger partial charge on any atom is 0.255 e. The molecule has 1 amide bonds. The Morgan fingerprint density at radius 2 is 2.00 bits per heavy atom. The van der Waals surface area contributed by atoms with Gasteiger partial charge in [0, 0.05) is 19.3 Å². The molecule has 0 aliphatic carbocycles. The van der Waals surface area contributed by atoms with Gasteiger partial charge in [-0.05, 0) is 24.3 Å². The highest BCUT2D eigenvalue weighted by molar-refractivity contribution is 6.43. The molecule has 1 saturated heterocycles. The van der Waals surface area contributed by atoms with Crippen molar-refractivity contribution >= 4 is 34.9 Å². The van der Waals surface area contributed by atoms with Crippen molar-refractivity contribution in [1.29, 1.82) is 5.41 Å². The van der Waals surface area contributed by atoms with Crippen LogP contribution in [0.25, 0.3) is 0 Å². The van der Waals surface area contributed by atoms with Gasteiger partial charge in [-0.2, -0.15) is 0 Å². The summed E-state index contributed by atoms with van der Waals surface area (Å²) < 4.78 is 0. The number of nitrogens with one attached hydrogen (secondary N) is 1. The van der Waals surface area contributed by atoms with E-state index in [1.807, 2.05) is 18.2 Å². The first-order chi connectivity index (χ1) is 12.0. The second kappa shape index (κ2) is 7.39. The standard InChI is InChI=1S/C17H17Cl2N5O/c18-12-5-3-4-11(15(12)19)17(25)23-8-9-24(14(20)10-23)16(21)13-6-1-2-7-22-13/h1-7,16,20H,8-10,21H2. The van der Waals surface area contributed by atoms with Crippen molar-refractivity contribution in [2.45, 2.75) is 6.17 Å². The average molecular weight is 378 g/mol. The van der Waals surface area contributed by atoms with Gasteiger partial charge >= 0.3 is 0 Å². The summed E-state index contributed by atoms with van der Waals surface area (Å²) in [4.78, 5) is 20.2. The van der Waals surface area contributed by atoms with Gasteiger partial charge < -0.3 is 15.5 Å². The number of carbonyl (C=O) groups is 1. The predicted octanol–water partition coefficient (Wildman–Crippen LogP) is 2.78. The van der Waals surface area contributed by atoms with Crippen LogP contribution in [0, 0.1) is 5.41 Å². The quantitative estimate of drug-likeness (QED) is 0.860. The lowest BCUT2D eigenvalue weighted by molar-refractivity contribution is 0.0730. The van der Waals surface area contributed by atoms with Crippen molar-refractivity contribution in [3.8, 4) is 0 Å². The van der Waals surface area contributed by atoms with E-state index in [0.29, 0.717) is 29.4 Å². The molecule has 1 aromatic heterocycles. The number of pyridine rings is 1. The van der Waals surface area contributed by atoms with Gasteiger partial charge in [0.2, 0.25) is 0 Å². The molecule has 25 heavy (non-hydrogen) atoms. The predicted molar refractivity (Wildman–Crippen MR) is 98.0 cm³/mol. The number of amides is 1. The Morgan fingerprint density at radius 3 is 2.68 bits per heavy atom. The molecule has 1 aliphatic heterocycles. The van der Waals surface area contributed by atoms with Crippen LogP contribution in [0.1, 0.15) is 22.2 Å². The third-order valence-corrected chi connectivity index (χ3v) is 4.91. The molecular formula is C17H17Cl2N5O. The van der Waals surface area contributed by atoms with Gasteiger partial charge in [-0.25, -0.2) is 0 Å². The largest absolute Gasteiger partial charge is 0.336 e. The summed E-state index contributed by atoms with van der Waals surface area (Å²) in [5.41, 5.74) is 7.24. The van der Waals surface area contributed by atoms with Gasteiger partial charge in [-0.3, -0.25) is 15.2 Å². The number of aromatic nitrogens is 1. The molecule has 1 unspecified atom stereocenters. The third kappa shape index (κ3) is 3.61. The molecular weight excluding hydrogens is 361 g/mol. The summed E-state index contributed by atoms with van der Waals surface area (Å²) in [5, 5.41) is 8.83. The highest BCUT2D eigenvalue weighted by Gasteiger charge is 2.30. The normalized spacial score (nSPS) is 16.0. The first-order valence-corrected chi connectivity index (χ1v) is 8.48. The smallest absolute Gasteiger partial charge is 0.255 e. The molecule has 1 aliphatic rings. The zero-order valence-corrected chi connectivity index (χ0v) is 14.8. The minimum Gasteiger partial charge on any atom is -0.336 e. The Hall–Kier alpha value is -2.15. The van der Waals surface area contributed by atoms with Crippen LogP contribution in [0.3, 0.4) is 0 Å². The van der Waals surface area contributed by atoms with E-state index in [-0.39, 0.29) is 23.3 Å². The number of rotatable bonds is 3. The number of nitrogens with zero attached hydrogens (tertiary/aromatic N) is 3. The third-order valence-electron chi connectivity index (χ3n) is 4.09. The van der Waals surface area contributed by atoms with E-state index in [4.69, 9.17) is 34.3 Å². The topological polar surface area (TPSA) is 86.3 Å². The molecule has 0 bridgehead atoms. The second-order valence-electron chi connectivity index (χ2n) is 5.67. The Morgan fingerprint density at radius 1 is 1.20 bits per heavy atom. The van der Waals surface area contributed by atoms with Crippen LogP contribution in [0.4, 0.5) is 0 Å². The summed E-state index contributed by atoms with van der Waals surface area (Å²) in [6, 6.07) is 10.4. The summed E-state index contributed by atoms with van der Waals surface area (Å²) in [6.45, 7) is 1.04. The Labute approximate surface area is 155 Å². The van der Waals surface area contributed by atoms with Crippen molar-refractivity contribution in [2.75, 3.05) is 19.6 Å². The van der Waals surface area contributed by atoms with Crippen LogP contribution >= 0.6 is 23.2 Å². The number of nitrogens with two attached hydrogens (primary N) is 1. The lowest BCUT2D eigenvalue weighted by atomic mass is 10.1. The van der Waals surface area contributed by atoms with E-state index in [1.54, 1.807) is 34.2 Å². The number of halogens is 2. The zero-order chi connectivity index (χ0) is 18.0. The van der Waals surface area contributed by atoms with Crippen molar-refractivity contribution < 1.29 is 4.79 Å². The summed E-state index contributed by atoms with van der Waals surface area (Å²) in [5.74, 6) is 0.0132. The van der Waals surface area contributed by atoms with Crippen molar-refractivity contribution in [3.63, 3.8) is 0 Å². The monoisotopic (exact) mass is 377 g/mol. The summed E-state index contributed by atoms with van der Waals surface area (Å²) in [7, 11) is 0. The molecule has 3 N–H and O–H groups in total. The molecule has 1 aromatic carbocycles. The average Bonchev–Trinajstić information content (AvgIpc) is 2.63. The summed E-state index contributed by atoms with van der Waals surface area (Å²) in [6.07, 6.45) is 1.15. The van der Waals surface area contributed by atoms with Crippen LogP contribution in [0.2, 0.25) is 10.0 Å². The molecule has 0 saturated carbocycles. The van der Waals surface area contributed by atoms with Crippen LogP contribution in [0.15, 0.2) is 42.6 Å². The highest BCUT2D eigenvalue weighted by atomic mass is 35.5. The first-order valence-electron chi connectivity index (χ1n) is 7.73. The number of carbonyl (C=O) groups excluding carboxylic acids is 1. The zero-order valence-electron chi connectivity index (χ0n) is 13.3. The van der Waals surface area contributed by atoms with Gasteiger partial charge in [-0.1, -0.05) is 35.3 Å². The second-order valence-corrected chi connectivity index (χ2v) is 6.45. The van der Waals surface area contributed by atoms with Crippen LogP contribution < -0.4 is 5.73 Å². The van der Waals surface area contributed by atoms with Gasteiger partial charge in [0.15, 0.2) is 0 Å². The maximum atomic E-state index is 12.7. The molecule has 1 fully saturated rings. The van der Waals surface area contributed by atoms with Gasteiger partial charge in [0.25, 0.3) is 5.91 Å². The minimum absolute atomic E-state index is 0.155. The first kappa shape index (κ1) is 17.7. The highest BCUT2D eigenvalue weighted by Crippen LogP contribution is 2.27. The van der Waals surface area contributed by atoms with E-state index in [2.05, 4.69) is 4.98 Å². The number of benzene rings is 1. The SMILES string of the molecule is N=C1CN(C(=O)c2cccc(Cl)c2Cl)CCN1C(N)c1ccccn1. The van der Waals surface area contributed by atoms with Gasteiger partial charge in [-0.15, -0.1) is 0 Å². The Kier molecular flexibility index (Phi) is 5.22. The molecule has 2 aromatic rings. The number of hydrogen-bond donors (Lipinski definition) is 2. The fourth-order valence-electron chi connectivity index (χ4n) is 2.74. The summed E-state index contributed by atoms with van der Waals surface area (Å²) >= 11 is 12.1. The van der Waals surface area contributed by atoms with Gasteiger partial charge in [0.1, 0.15) is 12.0 Å². The van der Waals surface area contributed by atoms with E-state index in [1.165, 1.54) is 0 Å². The van der Waals surface area contributed by atoms with E-state index in [0.717, 1.165) is 0 Å². The van der Waals surface area contributed by atoms with E-state index >= 15 is 0 Å². The van der Waals surface area contributed by atoms with Crippen LogP contribution in [0.5, 0.6) is 0 Å². The molecule has 8 heteroatoms. The lowest BCUT2D eigenvalue weighted by Crippen LogP contribution is -2.54. The molecule has 2 heterocycles. The maximum absolute atomic E-state index is 12.7. The molecule has 1 atom stereocenters. The lowest BCUT2D eigenvalue weighted by Gasteiger charge is -2.39. The van der Waals surface area contributed by atoms with Crippen molar-refractivity contribution in [3.05, 3.63) is 63.9 Å². The fraction of sp³-hybridized carbons (Fsp3) is 0.235. The van der Waals surface area contributed by atoms with Crippen molar-refractivity contribution in [1.82, 2.24) is 14.8 Å². The molecule has 0 spiro atoms. The Bertz CT molecular complexity index is 799. The van der Waals surface area contributed by atoms with E-state index in [9.17, 15) is 4.79 Å². The van der Waals surface area contributed by atoms with Gasteiger partial charge in [0.05, 0.1) is 27.8 Å². The molecule has 0 radical (unpaired) electrons. The molecule has 6 nitrogen and oxygen atoms in total. The Balaban J connectivity index is 1.72. The molecule has 3 rings (SSSR count). The van der Waals surface area contributed by atoms with Crippen LogP contribution in [-0.4, -0.2) is 46.2 Å². The minimum atomic E-state index is -0.513. The number of amidine groups is 1.